The molecule has 0 aliphatic heterocycles. The second-order valence-corrected chi connectivity index (χ2v) is 5.28. The maximum Gasteiger partial charge on any atom is 0.248 e. The Bertz CT molecular complexity index is 779. The van der Waals surface area contributed by atoms with Crippen molar-refractivity contribution in [1.29, 1.82) is 0 Å². The van der Waals surface area contributed by atoms with Gasteiger partial charge in [-0.1, -0.05) is 67.6 Å². The highest BCUT2D eigenvalue weighted by Crippen LogP contribution is 2.22. The molecule has 3 rings (SSSR count). The number of carbonyl (C=O) groups is 1. The van der Waals surface area contributed by atoms with Gasteiger partial charge >= 0.3 is 0 Å². The molecule has 23 heavy (non-hydrogen) atoms. The van der Waals surface area contributed by atoms with Crippen LogP contribution in [0.1, 0.15) is 23.7 Å². The van der Waals surface area contributed by atoms with E-state index in [1.165, 1.54) is 4.68 Å². The van der Waals surface area contributed by atoms with E-state index in [1.54, 1.807) is 0 Å². The number of hydrogen-bond donors (Lipinski definition) is 1. The van der Waals surface area contributed by atoms with Gasteiger partial charge in [-0.15, -0.1) is 0 Å². The predicted molar refractivity (Wildman–Crippen MR) is 92.3 cm³/mol. The zero-order valence-electron chi connectivity index (χ0n) is 13.1. The third-order valence-electron chi connectivity index (χ3n) is 3.63. The fraction of sp³-hybridized carbons (Fsp3) is 0.158. The molecule has 1 N–H and O–H groups in total. The molecule has 0 aliphatic rings. The van der Waals surface area contributed by atoms with E-state index in [2.05, 4.69) is 10.4 Å². The average Bonchev–Trinajstić information content (AvgIpc) is 3.05. The van der Waals surface area contributed by atoms with Crippen LogP contribution >= 0.6 is 0 Å². The Labute approximate surface area is 135 Å². The first-order valence-corrected chi connectivity index (χ1v) is 7.74. The van der Waals surface area contributed by atoms with Crippen molar-refractivity contribution in [3.05, 3.63) is 72.3 Å². The second-order valence-electron chi connectivity index (χ2n) is 5.28. The molecule has 3 aromatic rings. The minimum absolute atomic E-state index is 0.0252. The highest BCUT2D eigenvalue weighted by Gasteiger charge is 2.13. The Morgan fingerprint density at radius 1 is 1.04 bits per heavy atom. The van der Waals surface area contributed by atoms with Gasteiger partial charge < -0.3 is 5.32 Å². The van der Waals surface area contributed by atoms with E-state index in [9.17, 15) is 4.79 Å². The summed E-state index contributed by atoms with van der Waals surface area (Å²) in [6, 6.07) is 21.9. The number of nitrogens with zero attached hydrogens (tertiary/aromatic N) is 2. The monoisotopic (exact) mass is 305 g/mol. The van der Waals surface area contributed by atoms with Gasteiger partial charge in [0.2, 0.25) is 5.91 Å². The normalized spacial score (nSPS) is 10.5. The zero-order valence-corrected chi connectivity index (χ0v) is 13.1. The van der Waals surface area contributed by atoms with Crippen molar-refractivity contribution in [3.63, 3.8) is 0 Å². The first-order chi connectivity index (χ1) is 11.3. The predicted octanol–water partition coefficient (Wildman–Crippen LogP) is 4.21. The Hall–Kier alpha value is -2.88. The molecular formula is C19H19N3O. The number of benzene rings is 2. The smallest absolute Gasteiger partial charge is 0.248 e. The summed E-state index contributed by atoms with van der Waals surface area (Å²) in [6.07, 6.45) is 0.413. The fourth-order valence-corrected chi connectivity index (χ4v) is 2.39. The third-order valence-corrected chi connectivity index (χ3v) is 3.63. The van der Waals surface area contributed by atoms with Crippen LogP contribution in [0.25, 0.3) is 11.3 Å². The molecule has 0 fully saturated rings. The molecule has 0 amide bonds. The lowest BCUT2D eigenvalue weighted by molar-refractivity contribution is 0.0896. The summed E-state index contributed by atoms with van der Waals surface area (Å²) in [5.41, 5.74) is 2.95. The van der Waals surface area contributed by atoms with Crippen molar-refractivity contribution in [2.45, 2.75) is 19.9 Å². The van der Waals surface area contributed by atoms with Crippen LogP contribution in [-0.2, 0) is 6.54 Å². The summed E-state index contributed by atoms with van der Waals surface area (Å²) in [7, 11) is 0. The van der Waals surface area contributed by atoms with Gasteiger partial charge in [0.15, 0.2) is 0 Å². The average molecular weight is 305 g/mol. The summed E-state index contributed by atoms with van der Waals surface area (Å²) in [6.45, 7) is 2.49. The fourth-order valence-electron chi connectivity index (χ4n) is 2.39. The molecule has 0 saturated carbocycles. The Morgan fingerprint density at radius 2 is 1.70 bits per heavy atom. The Morgan fingerprint density at radius 3 is 2.35 bits per heavy atom. The lowest BCUT2D eigenvalue weighted by Gasteiger charge is -2.07. The van der Waals surface area contributed by atoms with Crippen LogP contribution < -0.4 is 5.32 Å². The van der Waals surface area contributed by atoms with Crippen LogP contribution in [0.3, 0.4) is 0 Å². The van der Waals surface area contributed by atoms with Gasteiger partial charge in [-0.25, -0.2) is 0 Å². The molecule has 0 atom stereocenters. The van der Waals surface area contributed by atoms with Gasteiger partial charge in [0.05, 0.1) is 5.69 Å². The van der Waals surface area contributed by atoms with Gasteiger partial charge in [-0.05, 0) is 5.56 Å². The van der Waals surface area contributed by atoms with Gasteiger partial charge in [0, 0.05) is 24.6 Å². The molecule has 0 aliphatic carbocycles. The molecule has 0 spiro atoms. The van der Waals surface area contributed by atoms with Crippen molar-refractivity contribution in [1.82, 2.24) is 9.78 Å². The van der Waals surface area contributed by atoms with Crippen molar-refractivity contribution in [3.8, 4) is 11.3 Å². The summed E-state index contributed by atoms with van der Waals surface area (Å²) in [5, 5.41) is 7.78. The molecule has 4 heteroatoms. The van der Waals surface area contributed by atoms with E-state index in [4.69, 9.17) is 0 Å². The molecule has 0 radical (unpaired) electrons. The van der Waals surface area contributed by atoms with E-state index in [-0.39, 0.29) is 5.91 Å². The highest BCUT2D eigenvalue weighted by molar-refractivity contribution is 5.82. The SMILES string of the molecule is CCC(=O)n1nc(-c2ccccc2)cc1NCc1ccccc1. The summed E-state index contributed by atoms with van der Waals surface area (Å²) < 4.78 is 1.46. The van der Waals surface area contributed by atoms with E-state index in [0.29, 0.717) is 13.0 Å². The standard InChI is InChI=1S/C19H19N3O/c1-2-19(23)22-18(20-14-15-9-5-3-6-10-15)13-17(21-22)16-11-7-4-8-12-16/h3-13,20H,2,14H2,1H3. The van der Waals surface area contributed by atoms with Crippen LogP contribution in [0, 0.1) is 0 Å². The molecular weight excluding hydrogens is 286 g/mol. The van der Waals surface area contributed by atoms with Crippen LogP contribution in [0.4, 0.5) is 5.82 Å². The van der Waals surface area contributed by atoms with E-state index in [1.807, 2.05) is 73.7 Å². The molecule has 116 valence electrons. The lowest BCUT2D eigenvalue weighted by atomic mass is 10.1. The summed E-state index contributed by atoms with van der Waals surface area (Å²) in [4.78, 5) is 12.2. The Balaban J connectivity index is 1.88. The molecule has 1 aromatic heterocycles. The molecule has 4 nitrogen and oxygen atoms in total. The number of hydrogen-bond acceptors (Lipinski definition) is 3. The van der Waals surface area contributed by atoms with Crippen molar-refractivity contribution in [2.24, 2.45) is 0 Å². The Kier molecular flexibility index (Phi) is 4.52. The molecule has 1 heterocycles. The number of anilines is 1. The van der Waals surface area contributed by atoms with E-state index >= 15 is 0 Å². The molecule has 0 saturated heterocycles. The minimum Gasteiger partial charge on any atom is -0.366 e. The summed E-state index contributed by atoms with van der Waals surface area (Å²) in [5.74, 6) is 0.697. The maximum absolute atomic E-state index is 12.2. The molecule has 2 aromatic carbocycles. The van der Waals surface area contributed by atoms with Crippen LogP contribution in [-0.4, -0.2) is 15.7 Å². The molecule has 0 unspecified atom stereocenters. The maximum atomic E-state index is 12.2. The number of carbonyl (C=O) groups excluding carboxylic acids is 1. The van der Waals surface area contributed by atoms with Gasteiger partial charge in [0.25, 0.3) is 0 Å². The molecule has 0 bridgehead atoms. The number of aromatic nitrogens is 2. The summed E-state index contributed by atoms with van der Waals surface area (Å²) >= 11 is 0. The first-order valence-electron chi connectivity index (χ1n) is 7.74. The van der Waals surface area contributed by atoms with Crippen LogP contribution in [0.2, 0.25) is 0 Å². The highest BCUT2D eigenvalue weighted by atomic mass is 16.2. The van der Waals surface area contributed by atoms with E-state index < -0.39 is 0 Å². The first kappa shape index (κ1) is 15.0. The van der Waals surface area contributed by atoms with Crippen LogP contribution in [0.15, 0.2) is 66.7 Å². The number of rotatable bonds is 5. The van der Waals surface area contributed by atoms with Crippen molar-refractivity contribution < 1.29 is 4.79 Å². The van der Waals surface area contributed by atoms with Crippen molar-refractivity contribution in [2.75, 3.05) is 5.32 Å². The van der Waals surface area contributed by atoms with Crippen molar-refractivity contribution >= 4 is 11.7 Å². The topological polar surface area (TPSA) is 46.9 Å². The largest absolute Gasteiger partial charge is 0.366 e. The third kappa shape index (κ3) is 3.48. The van der Waals surface area contributed by atoms with Crippen LogP contribution in [0.5, 0.6) is 0 Å². The number of nitrogens with one attached hydrogen (secondary N) is 1. The van der Waals surface area contributed by atoms with Gasteiger partial charge in [-0.2, -0.15) is 9.78 Å². The van der Waals surface area contributed by atoms with Gasteiger partial charge in [-0.3, -0.25) is 4.79 Å². The lowest BCUT2D eigenvalue weighted by Crippen LogP contribution is -2.15. The van der Waals surface area contributed by atoms with Gasteiger partial charge in [0.1, 0.15) is 5.82 Å². The second kappa shape index (κ2) is 6.92. The minimum atomic E-state index is -0.0252. The van der Waals surface area contributed by atoms with E-state index in [0.717, 1.165) is 22.6 Å². The zero-order chi connectivity index (χ0) is 16.1. The quantitative estimate of drug-likeness (QED) is 0.768.